The number of ether oxygens (including phenoxy) is 1. The van der Waals surface area contributed by atoms with Crippen molar-refractivity contribution >= 4 is 0 Å². The van der Waals surface area contributed by atoms with Gasteiger partial charge >= 0.3 is 6.18 Å². The number of hydrogen-bond acceptors (Lipinski definition) is 5. The highest BCUT2D eigenvalue weighted by molar-refractivity contribution is 5.82. The van der Waals surface area contributed by atoms with Crippen LogP contribution in [0.15, 0.2) is 36.5 Å². The lowest BCUT2D eigenvalue weighted by atomic mass is 10.00. The van der Waals surface area contributed by atoms with Gasteiger partial charge in [0.25, 0.3) is 0 Å². The van der Waals surface area contributed by atoms with Crippen LogP contribution in [-0.4, -0.2) is 27.0 Å². The molecule has 0 fully saturated rings. The number of halogens is 3. The summed E-state index contributed by atoms with van der Waals surface area (Å²) in [6.07, 6.45) is -3.37. The van der Waals surface area contributed by atoms with Gasteiger partial charge in [-0.3, -0.25) is 4.98 Å². The Balaban J connectivity index is 2.14. The molecule has 0 aliphatic rings. The van der Waals surface area contributed by atoms with Crippen LogP contribution >= 0.6 is 0 Å². The molecule has 9 heteroatoms. The maximum atomic E-state index is 12.7. The van der Waals surface area contributed by atoms with E-state index in [2.05, 4.69) is 20.4 Å². The Morgan fingerprint density at radius 3 is 2.58 bits per heavy atom. The van der Waals surface area contributed by atoms with Gasteiger partial charge in [0.05, 0.1) is 6.61 Å². The average Bonchev–Trinajstić information content (AvgIpc) is 3.10. The molecule has 0 saturated carbocycles. The van der Waals surface area contributed by atoms with Gasteiger partial charge in [0.15, 0.2) is 5.69 Å². The highest BCUT2D eigenvalue weighted by Crippen LogP contribution is 2.39. The molecule has 0 saturated heterocycles. The Hall–Kier alpha value is -3.41. The molecule has 132 valence electrons. The Kier molecular flexibility index (Phi) is 4.58. The third kappa shape index (κ3) is 3.21. The van der Waals surface area contributed by atoms with Crippen molar-refractivity contribution in [2.24, 2.45) is 0 Å². The predicted molar refractivity (Wildman–Crippen MR) is 85.9 cm³/mol. The van der Waals surface area contributed by atoms with E-state index in [1.54, 1.807) is 25.1 Å². The van der Waals surface area contributed by atoms with E-state index in [1.165, 1.54) is 6.07 Å². The number of nitrogens with zero attached hydrogens (tertiary/aromatic N) is 4. The van der Waals surface area contributed by atoms with Crippen molar-refractivity contribution < 1.29 is 17.9 Å². The molecule has 0 aliphatic heterocycles. The highest BCUT2D eigenvalue weighted by atomic mass is 19.4. The average molecular weight is 359 g/mol. The van der Waals surface area contributed by atoms with Crippen molar-refractivity contribution in [2.75, 3.05) is 6.61 Å². The summed E-state index contributed by atoms with van der Waals surface area (Å²) in [4.78, 5) is 3.49. The Morgan fingerprint density at radius 1 is 1.19 bits per heavy atom. The largest absolute Gasteiger partial charge is 0.493 e. The van der Waals surface area contributed by atoms with E-state index in [9.17, 15) is 13.2 Å². The van der Waals surface area contributed by atoms with E-state index in [0.717, 1.165) is 12.3 Å². The molecule has 3 aromatic rings. The number of para-hydroxylation sites is 1. The van der Waals surface area contributed by atoms with Gasteiger partial charge in [-0.1, -0.05) is 23.4 Å². The first-order valence-corrected chi connectivity index (χ1v) is 7.56. The number of benzene rings is 1. The van der Waals surface area contributed by atoms with Crippen molar-refractivity contribution in [1.29, 1.82) is 5.26 Å². The normalized spacial score (nSPS) is 11.2. The summed E-state index contributed by atoms with van der Waals surface area (Å²) in [5.41, 5.74) is 0.988. The van der Waals surface area contributed by atoms with E-state index in [-0.39, 0.29) is 5.69 Å². The van der Waals surface area contributed by atoms with Crippen molar-refractivity contribution in [3.63, 3.8) is 0 Å². The molecule has 0 aliphatic carbocycles. The standard InChI is InChI=1S/C17H12F3N5O/c1-2-26-16-11(10-6-7-14(22-9-10)17(18,19)20)4-3-5-12(16)15-13(8-21)23-25-24-15/h3-7,9H,2H2,1H3,(H,23,24,25). The molecule has 1 aromatic carbocycles. The Bertz CT molecular complexity index is 958. The number of H-pyrrole nitrogens is 1. The minimum absolute atomic E-state index is 0.161. The molecule has 26 heavy (non-hydrogen) atoms. The fourth-order valence-electron chi connectivity index (χ4n) is 2.47. The molecule has 0 spiro atoms. The van der Waals surface area contributed by atoms with Gasteiger partial charge in [-0.2, -0.15) is 18.4 Å². The third-order valence-corrected chi connectivity index (χ3v) is 3.58. The molecule has 2 aromatic heterocycles. The van der Waals surface area contributed by atoms with Gasteiger partial charge in [0.2, 0.25) is 0 Å². The molecule has 0 unspecified atom stereocenters. The SMILES string of the molecule is CCOc1c(-c2ccc(C(F)(F)F)nc2)cccc1-c1nn[nH]c1C#N. The number of nitriles is 1. The first-order chi connectivity index (χ1) is 12.5. The molecule has 0 atom stereocenters. The second-order valence-corrected chi connectivity index (χ2v) is 5.19. The van der Waals surface area contributed by atoms with Crippen LogP contribution in [-0.2, 0) is 6.18 Å². The van der Waals surface area contributed by atoms with E-state index in [1.807, 2.05) is 6.07 Å². The molecular formula is C17H12F3N5O. The fraction of sp³-hybridized carbons (Fsp3) is 0.176. The number of hydrogen-bond donors (Lipinski definition) is 1. The zero-order valence-electron chi connectivity index (χ0n) is 13.5. The second-order valence-electron chi connectivity index (χ2n) is 5.19. The maximum absolute atomic E-state index is 12.7. The molecule has 2 heterocycles. The molecule has 0 radical (unpaired) electrons. The van der Waals surface area contributed by atoms with Gasteiger partial charge in [-0.15, -0.1) is 5.10 Å². The summed E-state index contributed by atoms with van der Waals surface area (Å²) in [6, 6.07) is 9.28. The number of aromatic amines is 1. The van der Waals surface area contributed by atoms with Crippen LogP contribution in [0.5, 0.6) is 5.75 Å². The molecule has 0 bridgehead atoms. The van der Waals surface area contributed by atoms with E-state index in [4.69, 9.17) is 10.00 Å². The van der Waals surface area contributed by atoms with Crippen LogP contribution in [0.4, 0.5) is 13.2 Å². The van der Waals surface area contributed by atoms with Crippen LogP contribution in [0.25, 0.3) is 22.4 Å². The topological polar surface area (TPSA) is 87.5 Å². The highest BCUT2D eigenvalue weighted by Gasteiger charge is 2.32. The first kappa shape index (κ1) is 17.4. The zero-order valence-corrected chi connectivity index (χ0v) is 13.5. The number of pyridine rings is 1. The van der Waals surface area contributed by atoms with Gasteiger partial charge in [0, 0.05) is 22.9 Å². The molecule has 6 nitrogen and oxygen atoms in total. The van der Waals surface area contributed by atoms with Crippen LogP contribution in [0, 0.1) is 11.3 Å². The summed E-state index contributed by atoms with van der Waals surface area (Å²) in [5.74, 6) is 0.391. The van der Waals surface area contributed by atoms with Gasteiger partial charge in [0.1, 0.15) is 23.2 Å². The van der Waals surface area contributed by atoms with E-state index >= 15 is 0 Å². The third-order valence-electron chi connectivity index (χ3n) is 3.58. The van der Waals surface area contributed by atoms with E-state index in [0.29, 0.717) is 34.7 Å². The van der Waals surface area contributed by atoms with Gasteiger partial charge < -0.3 is 4.74 Å². The number of aromatic nitrogens is 4. The Labute approximate surface area is 146 Å². The second kappa shape index (κ2) is 6.84. The van der Waals surface area contributed by atoms with Crippen molar-refractivity contribution in [1.82, 2.24) is 20.4 Å². The minimum Gasteiger partial charge on any atom is -0.493 e. The lowest BCUT2D eigenvalue weighted by Gasteiger charge is -2.14. The summed E-state index contributed by atoms with van der Waals surface area (Å²) in [5, 5.41) is 19.2. The number of rotatable bonds is 4. The molecule has 0 amide bonds. The lowest BCUT2D eigenvalue weighted by molar-refractivity contribution is -0.141. The summed E-state index contributed by atoms with van der Waals surface area (Å²) in [7, 11) is 0. The number of alkyl halides is 3. The van der Waals surface area contributed by atoms with Crippen LogP contribution < -0.4 is 4.74 Å². The zero-order chi connectivity index (χ0) is 18.7. The van der Waals surface area contributed by atoms with Crippen molar-refractivity contribution in [3.8, 4) is 34.2 Å². The monoisotopic (exact) mass is 359 g/mol. The summed E-state index contributed by atoms with van der Waals surface area (Å²) >= 11 is 0. The maximum Gasteiger partial charge on any atom is 0.433 e. The smallest absolute Gasteiger partial charge is 0.433 e. The fourth-order valence-corrected chi connectivity index (χ4v) is 2.47. The van der Waals surface area contributed by atoms with Crippen LogP contribution in [0.1, 0.15) is 18.3 Å². The number of nitrogens with one attached hydrogen (secondary N) is 1. The first-order valence-electron chi connectivity index (χ1n) is 7.56. The van der Waals surface area contributed by atoms with E-state index < -0.39 is 11.9 Å². The van der Waals surface area contributed by atoms with Crippen molar-refractivity contribution in [3.05, 3.63) is 47.9 Å². The lowest BCUT2D eigenvalue weighted by Crippen LogP contribution is -2.07. The summed E-state index contributed by atoms with van der Waals surface area (Å²) in [6.45, 7) is 2.09. The summed E-state index contributed by atoms with van der Waals surface area (Å²) < 4.78 is 43.9. The minimum atomic E-state index is -4.51. The molecule has 1 N–H and O–H groups in total. The quantitative estimate of drug-likeness (QED) is 0.765. The molecular weight excluding hydrogens is 347 g/mol. The Morgan fingerprint density at radius 2 is 1.96 bits per heavy atom. The predicted octanol–water partition coefficient (Wildman–Crippen LogP) is 3.82. The van der Waals surface area contributed by atoms with Gasteiger partial charge in [-0.25, -0.2) is 5.10 Å². The van der Waals surface area contributed by atoms with Crippen LogP contribution in [0.3, 0.4) is 0 Å². The van der Waals surface area contributed by atoms with Crippen molar-refractivity contribution in [2.45, 2.75) is 13.1 Å². The van der Waals surface area contributed by atoms with Crippen LogP contribution in [0.2, 0.25) is 0 Å². The van der Waals surface area contributed by atoms with Gasteiger partial charge in [-0.05, 0) is 19.1 Å². The molecule has 3 rings (SSSR count).